The van der Waals surface area contributed by atoms with E-state index in [-0.39, 0.29) is 42.5 Å². The first-order chi connectivity index (χ1) is 13.7. The summed E-state index contributed by atoms with van der Waals surface area (Å²) in [5.41, 5.74) is -0.824. The van der Waals surface area contributed by atoms with Gasteiger partial charge >= 0.3 is 6.09 Å². The zero-order chi connectivity index (χ0) is 21.2. The number of likely N-dealkylation sites (tertiary alicyclic amines) is 1. The zero-order valence-electron chi connectivity index (χ0n) is 18.4. The van der Waals surface area contributed by atoms with Crippen LogP contribution in [0.1, 0.15) is 53.4 Å². The second-order valence-corrected chi connectivity index (χ2v) is 9.46. The Morgan fingerprint density at radius 3 is 2.69 bits per heavy atom. The van der Waals surface area contributed by atoms with Gasteiger partial charge in [0.25, 0.3) is 0 Å². The largest absolute Gasteiger partial charge is 0.495 e. The predicted molar refractivity (Wildman–Crippen MR) is 108 cm³/mol. The van der Waals surface area contributed by atoms with E-state index in [0.717, 1.165) is 19.3 Å². The molecule has 2 unspecified atom stereocenters. The quantitative estimate of drug-likeness (QED) is 0.512. The number of ether oxygens (including phenoxy) is 4. The average Bonchev–Trinajstić information content (AvgIpc) is 3.25. The molecule has 5 atom stereocenters. The van der Waals surface area contributed by atoms with E-state index in [1.165, 1.54) is 0 Å². The molecule has 3 aliphatic rings. The van der Waals surface area contributed by atoms with Gasteiger partial charge in [-0.2, -0.15) is 0 Å². The number of rotatable bonds is 7. The Morgan fingerprint density at radius 2 is 2.10 bits per heavy atom. The molecule has 1 aliphatic carbocycles. The number of aliphatic hydroxyl groups is 1. The average molecular weight is 412 g/mol. The number of carbonyl (C=O) groups excluding carboxylic acids is 1. The predicted octanol–water partition coefficient (Wildman–Crippen LogP) is 3.11. The minimum Gasteiger partial charge on any atom is -0.495 e. The van der Waals surface area contributed by atoms with E-state index in [0.29, 0.717) is 25.5 Å². The summed E-state index contributed by atoms with van der Waals surface area (Å²) in [6.07, 6.45) is 5.92. The molecule has 166 valence electrons. The first-order valence-corrected chi connectivity index (χ1v) is 10.8. The van der Waals surface area contributed by atoms with Crippen LogP contribution in [0, 0.1) is 11.8 Å². The number of amides is 1. The van der Waals surface area contributed by atoms with Crippen molar-refractivity contribution in [3.05, 3.63) is 12.3 Å². The molecule has 0 aromatic heterocycles. The first kappa shape index (κ1) is 22.4. The van der Waals surface area contributed by atoms with Gasteiger partial charge in [0.2, 0.25) is 0 Å². The minimum atomic E-state index is -0.547. The summed E-state index contributed by atoms with van der Waals surface area (Å²) in [6.45, 7) is 9.57. The van der Waals surface area contributed by atoms with Gasteiger partial charge in [0.1, 0.15) is 23.4 Å². The molecule has 1 spiro atoms. The lowest BCUT2D eigenvalue weighted by atomic mass is 9.68. The van der Waals surface area contributed by atoms with Crippen LogP contribution in [0.3, 0.4) is 0 Å². The van der Waals surface area contributed by atoms with Gasteiger partial charge in [-0.15, -0.1) is 0 Å². The van der Waals surface area contributed by atoms with Gasteiger partial charge in [-0.3, -0.25) is 0 Å². The standard InChI is InChI=1S/C22H37NO6/c1-15(2)9-12-27-21(3,4)19-18(26-5)17(8-10-22(19)14-28-22)29-20(25)23-11-6-7-16(23)13-24/h9,12,15-19,24H,6-8,10-11,13-14H2,1-5H3/b12-9+/t16?,17-,18-,19?,22+/m1/s1. The van der Waals surface area contributed by atoms with E-state index in [1.807, 2.05) is 19.9 Å². The van der Waals surface area contributed by atoms with E-state index in [9.17, 15) is 9.90 Å². The van der Waals surface area contributed by atoms with Gasteiger partial charge in [-0.05, 0) is 51.5 Å². The molecule has 3 rings (SSSR count). The Balaban J connectivity index is 1.74. The lowest BCUT2D eigenvalue weighted by molar-refractivity contribution is -0.162. The van der Waals surface area contributed by atoms with Crippen molar-refractivity contribution < 1.29 is 28.8 Å². The zero-order valence-corrected chi connectivity index (χ0v) is 18.4. The Bertz CT molecular complexity index is 600. The number of aliphatic hydroxyl groups excluding tert-OH is 1. The van der Waals surface area contributed by atoms with Crippen LogP contribution in [0.2, 0.25) is 0 Å². The van der Waals surface area contributed by atoms with Gasteiger partial charge in [-0.25, -0.2) is 4.79 Å². The molecule has 2 aliphatic heterocycles. The maximum absolute atomic E-state index is 12.8. The Hall–Kier alpha value is -1.31. The molecular formula is C22H37NO6. The fourth-order valence-electron chi connectivity index (χ4n) is 4.99. The third-order valence-electron chi connectivity index (χ3n) is 6.56. The monoisotopic (exact) mass is 411 g/mol. The fraction of sp³-hybridized carbons (Fsp3) is 0.864. The number of epoxide rings is 1. The van der Waals surface area contributed by atoms with Crippen molar-refractivity contribution in [1.29, 1.82) is 0 Å². The summed E-state index contributed by atoms with van der Waals surface area (Å²) in [5.74, 6) is 0.325. The number of hydrogen-bond acceptors (Lipinski definition) is 6. The Labute approximate surface area is 174 Å². The van der Waals surface area contributed by atoms with Crippen molar-refractivity contribution in [2.75, 3.05) is 26.9 Å². The number of methoxy groups -OCH3 is 1. The summed E-state index contributed by atoms with van der Waals surface area (Å²) in [5, 5.41) is 9.52. The summed E-state index contributed by atoms with van der Waals surface area (Å²) < 4.78 is 23.9. The lowest BCUT2D eigenvalue weighted by Crippen LogP contribution is -2.58. The summed E-state index contributed by atoms with van der Waals surface area (Å²) in [7, 11) is 1.66. The number of allylic oxidation sites excluding steroid dienone is 1. The number of nitrogens with zero attached hydrogens (tertiary/aromatic N) is 1. The molecule has 3 fully saturated rings. The van der Waals surface area contributed by atoms with E-state index in [2.05, 4.69) is 13.8 Å². The maximum atomic E-state index is 12.8. The van der Waals surface area contributed by atoms with Crippen molar-refractivity contribution in [3.63, 3.8) is 0 Å². The fourth-order valence-corrected chi connectivity index (χ4v) is 4.99. The van der Waals surface area contributed by atoms with Crippen LogP contribution >= 0.6 is 0 Å². The molecular weight excluding hydrogens is 374 g/mol. The second-order valence-electron chi connectivity index (χ2n) is 9.46. The lowest BCUT2D eigenvalue weighted by Gasteiger charge is -2.47. The van der Waals surface area contributed by atoms with Crippen LogP contribution in [-0.4, -0.2) is 72.4 Å². The number of hydrogen-bond donors (Lipinski definition) is 1. The molecule has 0 radical (unpaired) electrons. The van der Waals surface area contributed by atoms with Crippen LogP contribution in [0.15, 0.2) is 12.3 Å². The van der Waals surface area contributed by atoms with Crippen LogP contribution in [0.25, 0.3) is 0 Å². The third kappa shape index (κ3) is 4.72. The molecule has 1 N–H and O–H groups in total. The van der Waals surface area contributed by atoms with Crippen molar-refractivity contribution in [2.24, 2.45) is 11.8 Å². The van der Waals surface area contributed by atoms with Gasteiger partial charge in [0.15, 0.2) is 0 Å². The second kappa shape index (κ2) is 8.82. The third-order valence-corrected chi connectivity index (χ3v) is 6.56. The molecule has 1 amide bonds. The SMILES string of the molecule is CO[C@H]1C(C(C)(C)O/C=C/C(C)C)[C@]2(CC[C@H]1OC(=O)N1CCCC1CO)CO2. The number of carbonyl (C=O) groups is 1. The smallest absolute Gasteiger partial charge is 0.410 e. The summed E-state index contributed by atoms with van der Waals surface area (Å²) in [4.78, 5) is 14.4. The normalized spacial score (nSPS) is 34.9. The van der Waals surface area contributed by atoms with Crippen molar-refractivity contribution in [2.45, 2.75) is 82.8 Å². The molecule has 7 nitrogen and oxygen atoms in total. The van der Waals surface area contributed by atoms with Crippen LogP contribution in [0.4, 0.5) is 4.79 Å². The minimum absolute atomic E-state index is 0.0316. The van der Waals surface area contributed by atoms with Crippen molar-refractivity contribution in [1.82, 2.24) is 4.90 Å². The van der Waals surface area contributed by atoms with Crippen molar-refractivity contribution in [3.8, 4) is 0 Å². The first-order valence-electron chi connectivity index (χ1n) is 10.8. The topological polar surface area (TPSA) is 80.8 Å². The highest BCUT2D eigenvalue weighted by atomic mass is 16.6. The summed E-state index contributed by atoms with van der Waals surface area (Å²) >= 11 is 0. The van der Waals surface area contributed by atoms with E-state index in [4.69, 9.17) is 18.9 Å². The Morgan fingerprint density at radius 1 is 1.38 bits per heavy atom. The van der Waals surface area contributed by atoms with Crippen molar-refractivity contribution >= 4 is 6.09 Å². The van der Waals surface area contributed by atoms with Gasteiger partial charge < -0.3 is 29.0 Å². The molecule has 29 heavy (non-hydrogen) atoms. The molecule has 1 saturated carbocycles. The van der Waals surface area contributed by atoms with Gasteiger partial charge in [-0.1, -0.05) is 13.8 Å². The van der Waals surface area contributed by atoms with Crippen LogP contribution in [-0.2, 0) is 18.9 Å². The maximum Gasteiger partial charge on any atom is 0.410 e. The summed E-state index contributed by atoms with van der Waals surface area (Å²) in [6, 6.07) is -0.151. The van der Waals surface area contributed by atoms with E-state index < -0.39 is 5.60 Å². The van der Waals surface area contributed by atoms with Gasteiger partial charge in [0, 0.05) is 13.7 Å². The van der Waals surface area contributed by atoms with Gasteiger partial charge in [0.05, 0.1) is 31.4 Å². The van der Waals surface area contributed by atoms with E-state index in [1.54, 1.807) is 18.3 Å². The molecule has 0 bridgehead atoms. The molecule has 7 heteroatoms. The molecule has 0 aromatic rings. The highest BCUT2D eigenvalue weighted by Gasteiger charge is 2.64. The molecule has 2 heterocycles. The molecule has 2 saturated heterocycles. The van der Waals surface area contributed by atoms with Crippen LogP contribution < -0.4 is 0 Å². The highest BCUT2D eigenvalue weighted by Crippen LogP contribution is 2.53. The Kier molecular flexibility index (Phi) is 6.81. The highest BCUT2D eigenvalue weighted by molar-refractivity contribution is 5.68. The van der Waals surface area contributed by atoms with Crippen LogP contribution in [0.5, 0.6) is 0 Å². The molecule has 0 aromatic carbocycles. The van der Waals surface area contributed by atoms with E-state index >= 15 is 0 Å².